The van der Waals surface area contributed by atoms with Crippen molar-refractivity contribution in [3.63, 3.8) is 0 Å². The molecule has 1 fully saturated rings. The van der Waals surface area contributed by atoms with Crippen LogP contribution in [0.15, 0.2) is 12.2 Å². The fraction of sp³-hybridized carbons (Fsp3) is 0.923. The molecule has 4 atom stereocenters. The van der Waals surface area contributed by atoms with Crippen molar-refractivity contribution in [3.8, 4) is 0 Å². The molecular formula is C26H50O5. The van der Waals surface area contributed by atoms with Crippen molar-refractivity contribution < 1.29 is 24.8 Å². The fourth-order valence-corrected chi connectivity index (χ4v) is 4.11. The van der Waals surface area contributed by atoms with Crippen molar-refractivity contribution in [3.05, 3.63) is 12.2 Å². The summed E-state index contributed by atoms with van der Waals surface area (Å²) >= 11 is 0. The molecule has 1 aliphatic heterocycles. The average molecular weight is 443 g/mol. The van der Waals surface area contributed by atoms with Gasteiger partial charge in [-0.25, -0.2) is 0 Å². The van der Waals surface area contributed by atoms with E-state index < -0.39 is 24.4 Å². The van der Waals surface area contributed by atoms with E-state index in [1.807, 2.05) is 0 Å². The Balaban J connectivity index is 1.77. The number of hydrogen-bond acceptors (Lipinski definition) is 5. The second kappa shape index (κ2) is 20.2. The van der Waals surface area contributed by atoms with Gasteiger partial charge in [0, 0.05) is 0 Å². The van der Waals surface area contributed by atoms with Crippen LogP contribution in [-0.4, -0.2) is 59.6 Å². The van der Waals surface area contributed by atoms with Gasteiger partial charge in [-0.3, -0.25) is 0 Å². The first-order chi connectivity index (χ1) is 15.2. The highest BCUT2D eigenvalue weighted by Gasteiger charge is 2.39. The Labute approximate surface area is 191 Å². The summed E-state index contributed by atoms with van der Waals surface area (Å²) in [6.07, 6.45) is 22.1. The van der Waals surface area contributed by atoms with E-state index in [1.54, 1.807) is 0 Å². The zero-order valence-corrected chi connectivity index (χ0v) is 20.1. The SMILES string of the molecule is CCCCCCCCCCCCCCCC/C=C/CCOC[C@@H](O)[C@@H]1OC[C@H](O)[C@@H]1O. The summed E-state index contributed by atoms with van der Waals surface area (Å²) in [5.41, 5.74) is 0. The Kier molecular flexibility index (Phi) is 18.6. The third-order valence-corrected chi connectivity index (χ3v) is 6.18. The molecule has 0 unspecified atom stereocenters. The van der Waals surface area contributed by atoms with Gasteiger partial charge < -0.3 is 24.8 Å². The van der Waals surface area contributed by atoms with Crippen LogP contribution in [0.2, 0.25) is 0 Å². The largest absolute Gasteiger partial charge is 0.388 e. The Morgan fingerprint density at radius 3 is 1.84 bits per heavy atom. The maximum absolute atomic E-state index is 9.95. The van der Waals surface area contributed by atoms with Crippen LogP contribution < -0.4 is 0 Å². The molecule has 31 heavy (non-hydrogen) atoms. The maximum atomic E-state index is 9.95. The van der Waals surface area contributed by atoms with Crippen molar-refractivity contribution in [2.45, 2.75) is 134 Å². The van der Waals surface area contributed by atoms with Gasteiger partial charge in [0.15, 0.2) is 0 Å². The van der Waals surface area contributed by atoms with Gasteiger partial charge in [0.05, 0.1) is 19.8 Å². The summed E-state index contributed by atoms with van der Waals surface area (Å²) in [4.78, 5) is 0. The minimum Gasteiger partial charge on any atom is -0.388 e. The van der Waals surface area contributed by atoms with Crippen LogP contribution in [0.3, 0.4) is 0 Å². The quantitative estimate of drug-likeness (QED) is 0.166. The molecule has 0 saturated carbocycles. The molecule has 0 bridgehead atoms. The zero-order valence-electron chi connectivity index (χ0n) is 20.1. The van der Waals surface area contributed by atoms with Gasteiger partial charge in [-0.1, -0.05) is 103 Å². The van der Waals surface area contributed by atoms with Crippen LogP contribution in [0.5, 0.6) is 0 Å². The number of unbranched alkanes of at least 4 members (excludes halogenated alkanes) is 14. The fourth-order valence-electron chi connectivity index (χ4n) is 4.11. The highest BCUT2D eigenvalue weighted by Crippen LogP contribution is 2.18. The molecule has 0 radical (unpaired) electrons. The molecule has 3 N–H and O–H groups in total. The Morgan fingerprint density at radius 1 is 0.806 bits per heavy atom. The number of hydrogen-bond donors (Lipinski definition) is 3. The minimum absolute atomic E-state index is 0.0604. The summed E-state index contributed by atoms with van der Waals surface area (Å²) in [6.45, 7) is 2.99. The van der Waals surface area contributed by atoms with Crippen molar-refractivity contribution in [1.82, 2.24) is 0 Å². The number of ether oxygens (including phenoxy) is 2. The monoisotopic (exact) mass is 442 g/mol. The highest BCUT2D eigenvalue weighted by molar-refractivity contribution is 4.88. The van der Waals surface area contributed by atoms with Gasteiger partial charge in [-0.2, -0.15) is 0 Å². The van der Waals surface area contributed by atoms with Gasteiger partial charge in [0.2, 0.25) is 0 Å². The second-order valence-corrected chi connectivity index (χ2v) is 9.14. The second-order valence-electron chi connectivity index (χ2n) is 9.14. The smallest absolute Gasteiger partial charge is 0.114 e. The Hall–Kier alpha value is -0.460. The number of aliphatic hydroxyl groups is 3. The summed E-state index contributed by atoms with van der Waals surface area (Å²) in [5, 5.41) is 29.1. The lowest BCUT2D eigenvalue weighted by Gasteiger charge is -2.20. The summed E-state index contributed by atoms with van der Waals surface area (Å²) in [7, 11) is 0. The van der Waals surface area contributed by atoms with E-state index in [0.717, 1.165) is 12.8 Å². The van der Waals surface area contributed by atoms with Crippen LogP contribution in [0.1, 0.15) is 110 Å². The van der Waals surface area contributed by atoms with E-state index in [-0.39, 0.29) is 13.2 Å². The maximum Gasteiger partial charge on any atom is 0.114 e. The van der Waals surface area contributed by atoms with E-state index in [0.29, 0.717) is 6.61 Å². The summed E-state index contributed by atoms with van der Waals surface area (Å²) in [5.74, 6) is 0. The number of allylic oxidation sites excluding steroid dienone is 1. The van der Waals surface area contributed by atoms with Crippen molar-refractivity contribution >= 4 is 0 Å². The highest BCUT2D eigenvalue weighted by atomic mass is 16.5. The van der Waals surface area contributed by atoms with Gasteiger partial charge in [-0.15, -0.1) is 0 Å². The number of rotatable bonds is 21. The molecule has 1 aliphatic rings. The van der Waals surface area contributed by atoms with Crippen LogP contribution in [0, 0.1) is 0 Å². The van der Waals surface area contributed by atoms with Crippen LogP contribution in [-0.2, 0) is 9.47 Å². The first-order valence-corrected chi connectivity index (χ1v) is 13.0. The van der Waals surface area contributed by atoms with Crippen LogP contribution in [0.25, 0.3) is 0 Å². The van der Waals surface area contributed by atoms with E-state index >= 15 is 0 Å². The van der Waals surface area contributed by atoms with Gasteiger partial charge in [0.25, 0.3) is 0 Å². The van der Waals surface area contributed by atoms with E-state index in [4.69, 9.17) is 9.47 Å². The molecule has 1 rings (SSSR count). The molecule has 0 aromatic rings. The standard InChI is InChI=1S/C26H50O5/c1-2-3-4-5-6-7-8-9-10-11-12-13-14-15-16-17-18-19-20-30-21-24(28)26-25(29)23(27)22-31-26/h17-18,23-29H,2-16,19-22H2,1H3/b18-17+/t23-,24+,25-,26-/m0/s1. The minimum atomic E-state index is -1.04. The van der Waals surface area contributed by atoms with Crippen molar-refractivity contribution in [2.24, 2.45) is 0 Å². The van der Waals surface area contributed by atoms with E-state index in [2.05, 4.69) is 19.1 Å². The normalized spacial score (nSPS) is 22.5. The van der Waals surface area contributed by atoms with Crippen LogP contribution >= 0.6 is 0 Å². The third kappa shape index (κ3) is 15.1. The first kappa shape index (κ1) is 28.6. The first-order valence-electron chi connectivity index (χ1n) is 13.0. The third-order valence-electron chi connectivity index (χ3n) is 6.18. The predicted molar refractivity (Wildman–Crippen MR) is 127 cm³/mol. The molecule has 5 heteroatoms. The van der Waals surface area contributed by atoms with Gasteiger partial charge in [0.1, 0.15) is 24.4 Å². The van der Waals surface area contributed by atoms with Gasteiger partial charge in [-0.05, 0) is 19.3 Å². The molecule has 1 heterocycles. The van der Waals surface area contributed by atoms with Crippen molar-refractivity contribution in [2.75, 3.05) is 19.8 Å². The molecular weight excluding hydrogens is 392 g/mol. The molecule has 1 saturated heterocycles. The van der Waals surface area contributed by atoms with Crippen LogP contribution in [0.4, 0.5) is 0 Å². The molecule has 0 aromatic carbocycles. The molecule has 0 aromatic heterocycles. The molecule has 184 valence electrons. The van der Waals surface area contributed by atoms with E-state index in [9.17, 15) is 15.3 Å². The lowest BCUT2D eigenvalue weighted by Crippen LogP contribution is -2.40. The predicted octanol–water partition coefficient (Wildman–Crippen LogP) is 5.30. The zero-order chi connectivity index (χ0) is 22.6. The molecule has 0 amide bonds. The molecule has 5 nitrogen and oxygen atoms in total. The summed E-state index contributed by atoms with van der Waals surface area (Å²) in [6, 6.07) is 0. The Morgan fingerprint density at radius 2 is 1.32 bits per heavy atom. The van der Waals surface area contributed by atoms with E-state index in [1.165, 1.54) is 89.9 Å². The summed E-state index contributed by atoms with van der Waals surface area (Å²) < 4.78 is 10.6. The Bertz CT molecular complexity index is 415. The van der Waals surface area contributed by atoms with Gasteiger partial charge >= 0.3 is 0 Å². The molecule has 0 spiro atoms. The number of aliphatic hydroxyl groups excluding tert-OH is 3. The lowest BCUT2D eigenvalue weighted by molar-refractivity contribution is -0.0806. The lowest BCUT2D eigenvalue weighted by atomic mass is 10.0. The topological polar surface area (TPSA) is 79.2 Å². The average Bonchev–Trinajstić information content (AvgIpc) is 3.10. The van der Waals surface area contributed by atoms with Crippen molar-refractivity contribution in [1.29, 1.82) is 0 Å². The molecule has 0 aliphatic carbocycles.